The lowest BCUT2D eigenvalue weighted by molar-refractivity contribution is -0.161. The fraction of sp³-hybridized carbons (Fsp3) is 0.696. The van der Waals surface area contributed by atoms with Gasteiger partial charge in [0.2, 0.25) is 0 Å². The number of phosphoric ester groups is 2. The Hall–Kier alpha value is -4.54. The molecule has 0 fully saturated rings. The highest BCUT2D eigenvalue weighted by Gasteiger charge is 2.30. The third-order valence-corrected chi connectivity index (χ3v) is 17.3. The van der Waals surface area contributed by atoms with Gasteiger partial charge in [-0.1, -0.05) is 246 Å². The predicted octanol–water partition coefficient (Wildman–Crippen LogP) is 21.6. The third kappa shape index (κ3) is 69.9. The number of carbonyl (C=O) groups is 4. The summed E-state index contributed by atoms with van der Waals surface area (Å²) in [5.74, 6) is -2.26. The normalized spacial score (nSPS) is 14.6. The van der Waals surface area contributed by atoms with Crippen molar-refractivity contribution >= 4 is 39.5 Å². The monoisotopic (exact) mass is 1420 g/mol. The van der Waals surface area contributed by atoms with E-state index in [1.165, 1.54) is 32.1 Å². The maximum atomic E-state index is 13.1. The van der Waals surface area contributed by atoms with Crippen molar-refractivity contribution in [3.63, 3.8) is 0 Å². The SMILES string of the molecule is CC/C=C\C/C=C\C/C=C\C/C=C\CCCCC(=O)OCC(COP(=O)(O)OCC(O)COP(=O)(O)OCC(COC(=O)CCCCCCCCC/C=C\C/C=C\C/C=C\CC)OC(=O)CCCCCCC/C=C\CCCC)OC(=O)CCCCCCC/C=C\C/C=C\CCCCC. The zero-order chi connectivity index (χ0) is 71.8. The van der Waals surface area contributed by atoms with Crippen molar-refractivity contribution in [2.75, 3.05) is 39.6 Å². The second kappa shape index (κ2) is 70.9. The Balaban J connectivity index is 5.37. The molecule has 98 heavy (non-hydrogen) atoms. The van der Waals surface area contributed by atoms with E-state index in [1.54, 1.807) is 0 Å². The van der Waals surface area contributed by atoms with Crippen LogP contribution in [0.2, 0.25) is 0 Å². The van der Waals surface area contributed by atoms with Gasteiger partial charge in [-0.2, -0.15) is 0 Å². The van der Waals surface area contributed by atoms with Gasteiger partial charge in [0.15, 0.2) is 12.2 Å². The number of rotatable bonds is 70. The van der Waals surface area contributed by atoms with E-state index in [2.05, 4.69) is 149 Å². The highest BCUT2D eigenvalue weighted by molar-refractivity contribution is 7.47. The van der Waals surface area contributed by atoms with Crippen molar-refractivity contribution in [2.45, 2.75) is 316 Å². The van der Waals surface area contributed by atoms with Gasteiger partial charge >= 0.3 is 39.5 Å². The van der Waals surface area contributed by atoms with Crippen LogP contribution >= 0.6 is 15.6 Å². The summed E-state index contributed by atoms with van der Waals surface area (Å²) in [5.41, 5.74) is 0. The first kappa shape index (κ1) is 93.5. The van der Waals surface area contributed by atoms with E-state index in [-0.39, 0.29) is 25.7 Å². The summed E-state index contributed by atoms with van der Waals surface area (Å²) < 4.78 is 68.4. The first-order valence-corrected chi connectivity index (χ1v) is 40.8. The molecule has 17 nitrogen and oxygen atoms in total. The van der Waals surface area contributed by atoms with Crippen molar-refractivity contribution in [3.05, 3.63) is 122 Å². The molecule has 0 aromatic heterocycles. The molecule has 19 heteroatoms. The molecule has 0 amide bonds. The number of hydrogen-bond donors (Lipinski definition) is 3. The van der Waals surface area contributed by atoms with Crippen molar-refractivity contribution in [1.29, 1.82) is 0 Å². The minimum absolute atomic E-state index is 0.0676. The summed E-state index contributed by atoms with van der Waals surface area (Å²) in [7, 11) is -9.97. The van der Waals surface area contributed by atoms with Gasteiger partial charge in [-0.25, -0.2) is 9.13 Å². The summed E-state index contributed by atoms with van der Waals surface area (Å²) in [6.45, 7) is 4.49. The van der Waals surface area contributed by atoms with Crippen LogP contribution in [0.15, 0.2) is 122 Å². The van der Waals surface area contributed by atoms with Gasteiger partial charge < -0.3 is 33.8 Å². The van der Waals surface area contributed by atoms with Crippen LogP contribution in [-0.2, 0) is 65.4 Å². The number of esters is 4. The van der Waals surface area contributed by atoms with Gasteiger partial charge in [0.1, 0.15) is 19.3 Å². The fourth-order valence-electron chi connectivity index (χ4n) is 9.65. The molecule has 0 aromatic rings. The Bertz CT molecular complexity index is 2340. The average molecular weight is 1420 g/mol. The molecule has 0 aliphatic carbocycles. The van der Waals surface area contributed by atoms with Crippen molar-refractivity contribution < 1.29 is 80.2 Å². The Kier molecular flexibility index (Phi) is 67.6. The molecule has 0 aliphatic rings. The molecule has 0 aromatic carbocycles. The van der Waals surface area contributed by atoms with Crippen LogP contribution in [0.25, 0.3) is 0 Å². The quantitative estimate of drug-likeness (QED) is 0.0169. The molecular weight excluding hydrogens is 1280 g/mol. The summed E-state index contributed by atoms with van der Waals surface area (Å²) in [6, 6.07) is 0. The number of ether oxygens (including phenoxy) is 4. The van der Waals surface area contributed by atoms with E-state index in [0.717, 1.165) is 186 Å². The number of unbranched alkanes of at least 4 members (excludes halogenated alkanes) is 24. The molecule has 0 heterocycles. The highest BCUT2D eigenvalue weighted by atomic mass is 31.2. The highest BCUT2D eigenvalue weighted by Crippen LogP contribution is 2.45. The lowest BCUT2D eigenvalue weighted by Crippen LogP contribution is -2.30. The Labute approximate surface area is 593 Å². The number of aliphatic hydroxyl groups is 1. The zero-order valence-electron chi connectivity index (χ0n) is 61.2. The van der Waals surface area contributed by atoms with Gasteiger partial charge in [-0.15, -0.1) is 0 Å². The molecule has 0 radical (unpaired) electrons. The van der Waals surface area contributed by atoms with E-state index in [0.29, 0.717) is 25.7 Å². The molecule has 562 valence electrons. The third-order valence-electron chi connectivity index (χ3n) is 15.4. The van der Waals surface area contributed by atoms with E-state index >= 15 is 0 Å². The van der Waals surface area contributed by atoms with Crippen LogP contribution < -0.4 is 0 Å². The lowest BCUT2D eigenvalue weighted by Gasteiger charge is -2.21. The topological polar surface area (TPSA) is 237 Å². The molecule has 0 aliphatic heterocycles. The largest absolute Gasteiger partial charge is 0.472 e. The first-order chi connectivity index (χ1) is 47.7. The summed E-state index contributed by atoms with van der Waals surface area (Å²) in [4.78, 5) is 72.8. The van der Waals surface area contributed by atoms with Crippen LogP contribution in [0.3, 0.4) is 0 Å². The number of phosphoric acid groups is 2. The maximum absolute atomic E-state index is 13.1. The lowest BCUT2D eigenvalue weighted by atomic mass is 10.1. The van der Waals surface area contributed by atoms with Crippen molar-refractivity contribution in [2.24, 2.45) is 0 Å². The van der Waals surface area contributed by atoms with Crippen molar-refractivity contribution in [3.8, 4) is 0 Å². The second-order valence-electron chi connectivity index (χ2n) is 24.8. The van der Waals surface area contributed by atoms with Crippen LogP contribution in [0, 0.1) is 0 Å². The van der Waals surface area contributed by atoms with Gasteiger partial charge in [0, 0.05) is 25.7 Å². The minimum Gasteiger partial charge on any atom is -0.462 e. The van der Waals surface area contributed by atoms with Crippen LogP contribution in [-0.4, -0.2) is 96.7 Å². The molecule has 0 saturated heterocycles. The number of hydrogen-bond acceptors (Lipinski definition) is 15. The Morgan fingerprint density at radius 3 is 0.878 bits per heavy atom. The van der Waals surface area contributed by atoms with E-state index < -0.39 is 97.5 Å². The Morgan fingerprint density at radius 2 is 0.541 bits per heavy atom. The molecule has 0 saturated carbocycles. The smallest absolute Gasteiger partial charge is 0.462 e. The maximum Gasteiger partial charge on any atom is 0.472 e. The van der Waals surface area contributed by atoms with Crippen molar-refractivity contribution in [1.82, 2.24) is 0 Å². The average Bonchev–Trinajstić information content (AvgIpc) is 0.982. The van der Waals surface area contributed by atoms with Gasteiger partial charge in [-0.3, -0.25) is 37.3 Å². The standard InChI is InChI=1S/C79H134O17P2/c1-5-9-13-17-21-25-29-32-35-36-39-41-45-48-52-56-60-64-77(82)89-69-74(95-78(83)65-61-57-53-49-43-28-24-20-16-12-8-4)71-93-97(85,86)91-67-73(80)68-92-98(87,88)94-72-75(96-79(84)66-62-58-54-50-46-42-38-34-31-27-23-19-15-11-7-3)70-90-76(81)63-59-55-51-47-44-40-37-33-30-26-22-18-14-10-6-2/h9-10,13-14,20-27,32-35,37-38,44,47,73-75,80H,5-8,11-12,15-19,28-31,36,39-43,45-46,48-72H2,1-4H3,(H,85,86)(H,87,88)/b13-9-,14-10-,24-20-,25-21-,26-22-,27-23-,35-32-,37-33-,38-34-,47-44-. The van der Waals surface area contributed by atoms with Gasteiger partial charge in [0.05, 0.1) is 26.4 Å². The summed E-state index contributed by atoms with van der Waals surface area (Å²) in [5, 5.41) is 10.6. The first-order valence-electron chi connectivity index (χ1n) is 37.8. The molecule has 3 N–H and O–H groups in total. The van der Waals surface area contributed by atoms with E-state index in [9.17, 15) is 43.2 Å². The fourth-order valence-corrected chi connectivity index (χ4v) is 11.2. The summed E-state index contributed by atoms with van der Waals surface area (Å²) >= 11 is 0. The summed E-state index contributed by atoms with van der Waals surface area (Å²) in [6.07, 6.45) is 76.3. The molecule has 5 unspecified atom stereocenters. The van der Waals surface area contributed by atoms with Gasteiger partial charge in [-0.05, 0) is 148 Å². The molecule has 0 spiro atoms. The molecular formula is C79H134O17P2. The number of carbonyl (C=O) groups excluding carboxylic acids is 4. The Morgan fingerprint density at radius 1 is 0.296 bits per heavy atom. The number of allylic oxidation sites excluding steroid dienone is 20. The minimum atomic E-state index is -4.99. The molecule has 0 bridgehead atoms. The second-order valence-corrected chi connectivity index (χ2v) is 27.7. The van der Waals surface area contributed by atoms with Crippen LogP contribution in [0.5, 0.6) is 0 Å². The molecule has 5 atom stereocenters. The van der Waals surface area contributed by atoms with Crippen LogP contribution in [0.4, 0.5) is 0 Å². The predicted molar refractivity (Wildman–Crippen MR) is 399 cm³/mol. The van der Waals surface area contributed by atoms with E-state index in [1.807, 2.05) is 0 Å². The van der Waals surface area contributed by atoms with Crippen LogP contribution in [0.1, 0.15) is 297 Å². The number of aliphatic hydroxyl groups excluding tert-OH is 1. The zero-order valence-corrected chi connectivity index (χ0v) is 63.0. The molecule has 0 rings (SSSR count). The van der Waals surface area contributed by atoms with Gasteiger partial charge in [0.25, 0.3) is 0 Å². The van der Waals surface area contributed by atoms with E-state index in [4.69, 9.17) is 37.0 Å².